The van der Waals surface area contributed by atoms with Crippen molar-refractivity contribution in [2.45, 2.75) is 75.5 Å². The van der Waals surface area contributed by atoms with Crippen LogP contribution in [0, 0.1) is 0 Å². The first-order chi connectivity index (χ1) is 40.3. The molecule has 0 unspecified atom stereocenters. The van der Waals surface area contributed by atoms with E-state index in [1.165, 1.54) is 80.5 Å². The van der Waals surface area contributed by atoms with Crippen LogP contribution >= 0.6 is 7.92 Å². The number of ketones is 3. The fraction of sp³-hybridized carbons (Fsp3) is 0.160. The van der Waals surface area contributed by atoms with Crippen molar-refractivity contribution in [1.82, 2.24) is 0 Å². The van der Waals surface area contributed by atoms with Crippen LogP contribution in [0.15, 0.2) is 267 Å². The number of nitrogens with two attached hydrogens (primary N) is 2. The van der Waals surface area contributed by atoms with Crippen molar-refractivity contribution in [3.63, 3.8) is 0 Å². The minimum atomic E-state index is -0.168. The molecule has 0 saturated heterocycles. The van der Waals surface area contributed by atoms with Gasteiger partial charge >= 0.3 is 0 Å². The molecule has 0 amide bonds. The molecule has 2 aliphatic carbocycles. The molecular weight excluding hydrogens is 1230 g/mol. The number of anilines is 1. The molecule has 0 atom stereocenters. The van der Waals surface area contributed by atoms with Crippen LogP contribution in [0.3, 0.4) is 0 Å². The summed E-state index contributed by atoms with van der Waals surface area (Å²) >= 11 is 0. The number of hydrogen-bond donors (Lipinski definition) is 2. The number of hydrazine groups is 2. The third-order valence-corrected chi connectivity index (χ3v) is 17.6. The van der Waals surface area contributed by atoms with Gasteiger partial charge in [0.25, 0.3) is 0 Å². The summed E-state index contributed by atoms with van der Waals surface area (Å²) in [5.74, 6) is 11.9. The molecule has 0 heterocycles. The number of para-hydroxylation sites is 1. The van der Waals surface area contributed by atoms with Crippen molar-refractivity contribution in [3.8, 4) is 11.1 Å². The van der Waals surface area contributed by atoms with Gasteiger partial charge in [-0.2, -0.15) is 0 Å². The number of allylic oxidation sites excluding steroid dienone is 6. The van der Waals surface area contributed by atoms with Crippen molar-refractivity contribution in [1.29, 1.82) is 0 Å². The minimum Gasteiger partial charge on any atom is -0.290 e. The number of rotatable bonds is 17. The van der Waals surface area contributed by atoms with Crippen molar-refractivity contribution in [2.75, 3.05) is 5.12 Å². The molecule has 8 aromatic rings. The van der Waals surface area contributed by atoms with Gasteiger partial charge in [-0.05, 0) is 124 Å². The van der Waals surface area contributed by atoms with Gasteiger partial charge in [-0.15, -0.1) is 0 Å². The maximum Gasteiger partial charge on any atom is 0.178 e. The van der Waals surface area contributed by atoms with E-state index in [4.69, 9.17) is 11.7 Å². The number of carbonyl (C=O) groups is 3. The van der Waals surface area contributed by atoms with Gasteiger partial charge in [0.1, 0.15) is 0 Å². The Morgan fingerprint density at radius 2 is 0.560 bits per heavy atom. The molecule has 0 aromatic heterocycles. The quantitative estimate of drug-likeness (QED) is 0.0309. The molecule has 8 aromatic carbocycles. The van der Waals surface area contributed by atoms with E-state index in [2.05, 4.69) is 36.4 Å². The molecule has 10 rings (SSSR count). The van der Waals surface area contributed by atoms with Crippen molar-refractivity contribution >= 4 is 72.7 Å². The normalized spacial score (nSPS) is 13.5. The molecule has 434 valence electrons. The van der Waals surface area contributed by atoms with Crippen LogP contribution < -0.4 is 22.1 Å². The summed E-state index contributed by atoms with van der Waals surface area (Å²) in [7, 11) is -0.168. The summed E-state index contributed by atoms with van der Waals surface area (Å²) in [4.78, 5) is 34.8. The maximum absolute atomic E-state index is 11.6. The van der Waals surface area contributed by atoms with Gasteiger partial charge < -0.3 is 0 Å². The van der Waals surface area contributed by atoms with Crippen molar-refractivity contribution < 1.29 is 55.2 Å². The molecule has 2 saturated carbocycles. The zero-order chi connectivity index (χ0) is 57.2. The predicted molar refractivity (Wildman–Crippen MR) is 351 cm³/mol. The Kier molecular flexibility index (Phi) is 31.5. The van der Waals surface area contributed by atoms with Gasteiger partial charge in [-0.3, -0.25) is 14.4 Å². The van der Waals surface area contributed by atoms with Crippen LogP contribution in [0.25, 0.3) is 47.6 Å². The van der Waals surface area contributed by atoms with Crippen LogP contribution in [0.5, 0.6) is 0 Å². The Hall–Kier alpha value is -7.32. The van der Waals surface area contributed by atoms with E-state index < -0.39 is 0 Å². The fourth-order valence-corrected chi connectivity index (χ4v) is 13.8. The standard InChI is InChI=1S/C24H34N3P.3C17H14O.2Pd/c25-27(26)23-17-9-7-15-21(23)22-16-8-10-18-24(22)28(19-11-3-1-4-12-19)20-13-5-2-6-14-20;3*18-17(13-11-15-7-3-1-4-8-15)14-12-16-9-5-2-6-10-16;;/h7-10,15-20H,1-6,11-14,25-26H2;3*1-14H;;/b;3*13-11+,14-12+;;. The Labute approximate surface area is 527 Å². The molecular formula is C75H76N3O3PPd2. The Morgan fingerprint density at radius 3 is 0.833 bits per heavy atom. The molecule has 2 aliphatic rings. The van der Waals surface area contributed by atoms with E-state index in [-0.39, 0.29) is 66.1 Å². The average Bonchev–Trinajstić information content (AvgIpc) is 2.73. The summed E-state index contributed by atoms with van der Waals surface area (Å²) in [6.07, 6.45) is 34.5. The smallest absolute Gasteiger partial charge is 0.178 e. The van der Waals surface area contributed by atoms with Crippen LogP contribution in [-0.4, -0.2) is 28.7 Å². The minimum absolute atomic E-state index is 0. The predicted octanol–water partition coefficient (Wildman–Crippen LogP) is 17.6. The zero-order valence-electron chi connectivity index (χ0n) is 47.5. The molecule has 9 heteroatoms. The first-order valence-corrected chi connectivity index (χ1v) is 30.0. The number of nitrogens with zero attached hydrogens (tertiary/aromatic N) is 1. The largest absolute Gasteiger partial charge is 0.290 e. The summed E-state index contributed by atoms with van der Waals surface area (Å²) in [5, 5.41) is 2.86. The molecule has 2 fully saturated rings. The van der Waals surface area contributed by atoms with Gasteiger partial charge in [-0.1, -0.05) is 307 Å². The summed E-state index contributed by atoms with van der Waals surface area (Å²) in [6.45, 7) is 0. The molecule has 4 N–H and O–H groups in total. The maximum atomic E-state index is 11.6. The van der Waals surface area contributed by atoms with Crippen LogP contribution in [-0.2, 0) is 55.2 Å². The summed E-state index contributed by atoms with van der Waals surface area (Å²) in [5.41, 5.74) is 11.3. The SMILES string of the molecule is NN(N)c1ccccc1-c1ccccc1P(C1CCCCC1)C1CCCCC1.O=C(/C=C/c1ccccc1)/C=C/c1ccccc1.O=C(/C=C/c1ccccc1)/C=C/c1ccccc1.O=C(/C=C/c1ccccc1)/C=C/c1ccccc1.[Pd].[Pd]. The van der Waals surface area contributed by atoms with Crippen LogP contribution in [0.4, 0.5) is 5.69 Å². The molecule has 0 bridgehead atoms. The second-order valence-corrected chi connectivity index (χ2v) is 22.9. The van der Waals surface area contributed by atoms with Crippen LogP contribution in [0.2, 0.25) is 0 Å². The van der Waals surface area contributed by atoms with E-state index in [1.807, 2.05) is 231 Å². The monoisotopic (exact) mass is 1310 g/mol. The van der Waals surface area contributed by atoms with Gasteiger partial charge in [0.2, 0.25) is 0 Å². The topological polar surface area (TPSA) is 106 Å². The van der Waals surface area contributed by atoms with Gasteiger partial charge in [-0.25, -0.2) is 16.8 Å². The molecule has 0 radical (unpaired) electrons. The summed E-state index contributed by atoms with van der Waals surface area (Å²) < 4.78 is 0. The average molecular weight is 1310 g/mol. The Bertz CT molecular complexity index is 2910. The Balaban J connectivity index is 0.000000208. The van der Waals surface area contributed by atoms with Gasteiger partial charge in [0, 0.05) is 46.4 Å². The van der Waals surface area contributed by atoms with E-state index in [1.54, 1.807) is 41.8 Å². The second kappa shape index (κ2) is 39.3. The molecule has 6 nitrogen and oxygen atoms in total. The molecule has 0 spiro atoms. The third kappa shape index (κ3) is 24.5. The van der Waals surface area contributed by atoms with E-state index >= 15 is 0 Å². The van der Waals surface area contributed by atoms with Crippen molar-refractivity contribution in [2.24, 2.45) is 11.7 Å². The number of benzene rings is 8. The third-order valence-electron chi connectivity index (χ3n) is 14.0. The van der Waals surface area contributed by atoms with E-state index in [0.29, 0.717) is 0 Å². The number of hydrogen-bond acceptors (Lipinski definition) is 6. The molecule has 84 heavy (non-hydrogen) atoms. The first-order valence-electron chi connectivity index (χ1n) is 28.6. The molecule has 0 aliphatic heterocycles. The zero-order valence-corrected chi connectivity index (χ0v) is 51.5. The van der Waals surface area contributed by atoms with E-state index in [0.717, 1.165) is 50.4 Å². The summed E-state index contributed by atoms with van der Waals surface area (Å²) in [6, 6.07) is 76.1. The fourth-order valence-electron chi connectivity index (χ4n) is 9.88. The van der Waals surface area contributed by atoms with E-state index in [9.17, 15) is 14.4 Å². The number of carbonyl (C=O) groups excluding carboxylic acids is 3. The van der Waals surface area contributed by atoms with Crippen molar-refractivity contribution in [3.05, 3.63) is 300 Å². The van der Waals surface area contributed by atoms with Gasteiger partial charge in [0.05, 0.1) is 5.69 Å². The Morgan fingerprint density at radius 1 is 0.321 bits per heavy atom. The first kappa shape index (κ1) is 67.5. The van der Waals surface area contributed by atoms with Crippen LogP contribution in [0.1, 0.15) is 97.6 Å². The van der Waals surface area contributed by atoms with Gasteiger partial charge in [0.15, 0.2) is 17.3 Å². The second-order valence-electron chi connectivity index (χ2n) is 20.1.